The van der Waals surface area contributed by atoms with Crippen LogP contribution in [0.5, 0.6) is 0 Å². The Hall–Kier alpha value is -2.93. The van der Waals surface area contributed by atoms with Gasteiger partial charge in [0.15, 0.2) is 5.69 Å². The third-order valence-corrected chi connectivity index (χ3v) is 3.65. The molecule has 1 aliphatic carbocycles. The van der Waals surface area contributed by atoms with E-state index in [2.05, 4.69) is 15.1 Å². The maximum atomic E-state index is 9.04. The lowest BCUT2D eigenvalue weighted by atomic mass is 10.2. The molecule has 0 radical (unpaired) electrons. The van der Waals surface area contributed by atoms with Gasteiger partial charge in [-0.1, -0.05) is 0 Å². The van der Waals surface area contributed by atoms with E-state index in [1.807, 2.05) is 19.1 Å². The Labute approximate surface area is 121 Å². The monoisotopic (exact) mass is 279 g/mol. The molecule has 1 fully saturated rings. The smallest absolute Gasteiger partial charge is 0.182 e. The van der Waals surface area contributed by atoms with E-state index in [-0.39, 0.29) is 23.1 Å². The molecule has 3 rings (SSSR count). The van der Waals surface area contributed by atoms with Gasteiger partial charge in [0.05, 0.1) is 6.04 Å². The van der Waals surface area contributed by atoms with Crippen LogP contribution in [0, 0.1) is 22.7 Å². The molecule has 2 heterocycles. The molecular formula is C14H13N7. The molecule has 0 aliphatic heterocycles. The normalized spacial score (nSPS) is 15.2. The van der Waals surface area contributed by atoms with Crippen LogP contribution in [-0.2, 0) is 0 Å². The number of anilines is 1. The number of nitrogens with zero attached hydrogens (tertiary/aromatic N) is 6. The van der Waals surface area contributed by atoms with Crippen molar-refractivity contribution in [3.63, 3.8) is 0 Å². The average molecular weight is 279 g/mol. The number of nitrogens with two attached hydrogens (primary N) is 1. The van der Waals surface area contributed by atoms with Crippen molar-refractivity contribution in [3.8, 4) is 12.1 Å². The number of nitriles is 2. The molecule has 7 heteroatoms. The first-order valence-corrected chi connectivity index (χ1v) is 6.65. The molecule has 7 nitrogen and oxygen atoms in total. The molecule has 1 aliphatic rings. The minimum atomic E-state index is -0.243. The molecule has 1 saturated carbocycles. The second-order valence-corrected chi connectivity index (χ2v) is 5.10. The number of nitrogen functional groups attached to an aromatic ring is 1. The van der Waals surface area contributed by atoms with Crippen LogP contribution in [0.25, 0.3) is 0 Å². The minimum absolute atomic E-state index is 0.0392. The first kappa shape index (κ1) is 13.1. The van der Waals surface area contributed by atoms with Gasteiger partial charge in [-0.3, -0.25) is 0 Å². The van der Waals surface area contributed by atoms with E-state index >= 15 is 0 Å². The minimum Gasteiger partial charge on any atom is -0.383 e. The molecule has 2 aromatic rings. The fourth-order valence-electron chi connectivity index (χ4n) is 2.19. The summed E-state index contributed by atoms with van der Waals surface area (Å²) in [7, 11) is 0. The maximum absolute atomic E-state index is 9.04. The van der Waals surface area contributed by atoms with Gasteiger partial charge < -0.3 is 5.73 Å². The van der Waals surface area contributed by atoms with Crippen LogP contribution in [0.1, 0.15) is 54.4 Å². The predicted octanol–water partition coefficient (Wildman–Crippen LogP) is 1.49. The van der Waals surface area contributed by atoms with Crippen molar-refractivity contribution in [3.05, 3.63) is 35.0 Å². The second-order valence-electron chi connectivity index (χ2n) is 5.10. The first-order valence-electron chi connectivity index (χ1n) is 6.65. The summed E-state index contributed by atoms with van der Waals surface area (Å²) in [6, 6.07) is 3.55. The lowest BCUT2D eigenvalue weighted by Crippen LogP contribution is -2.13. The topological polar surface area (TPSA) is 117 Å². The van der Waals surface area contributed by atoms with Gasteiger partial charge in [-0.25, -0.2) is 14.6 Å². The van der Waals surface area contributed by atoms with Gasteiger partial charge in [-0.05, 0) is 19.8 Å². The Bertz CT molecular complexity index is 756. The van der Waals surface area contributed by atoms with E-state index in [1.54, 1.807) is 12.4 Å². The largest absolute Gasteiger partial charge is 0.383 e. The molecule has 21 heavy (non-hydrogen) atoms. The number of rotatable bonds is 3. The van der Waals surface area contributed by atoms with E-state index < -0.39 is 0 Å². The molecule has 1 atom stereocenters. The van der Waals surface area contributed by atoms with Gasteiger partial charge in [0, 0.05) is 23.9 Å². The van der Waals surface area contributed by atoms with Crippen LogP contribution in [-0.4, -0.2) is 19.7 Å². The van der Waals surface area contributed by atoms with Gasteiger partial charge in [0.2, 0.25) is 0 Å². The maximum Gasteiger partial charge on any atom is 0.182 e. The Balaban J connectivity index is 1.94. The molecular weight excluding hydrogens is 266 g/mol. The summed E-state index contributed by atoms with van der Waals surface area (Å²) >= 11 is 0. The van der Waals surface area contributed by atoms with Gasteiger partial charge in [-0.2, -0.15) is 15.6 Å². The Morgan fingerprint density at radius 3 is 2.43 bits per heavy atom. The molecule has 0 bridgehead atoms. The highest BCUT2D eigenvalue weighted by molar-refractivity contribution is 5.56. The Kier molecular flexibility index (Phi) is 3.03. The standard InChI is InChI=1S/C14H13N7/c1-8(10-6-18-14(19-7-10)9-2-3-9)21-13(17)11(4-15)12(5-16)20-21/h6-9H,2-3,17H2,1H3. The summed E-state index contributed by atoms with van der Waals surface area (Å²) in [5.41, 5.74) is 6.89. The highest BCUT2D eigenvalue weighted by Gasteiger charge is 2.27. The molecule has 0 saturated heterocycles. The average Bonchev–Trinajstić information content (AvgIpc) is 3.30. The molecule has 0 aromatic carbocycles. The summed E-state index contributed by atoms with van der Waals surface area (Å²) in [5.74, 6) is 1.56. The van der Waals surface area contributed by atoms with Crippen LogP contribution in [0.15, 0.2) is 12.4 Å². The fourth-order valence-corrected chi connectivity index (χ4v) is 2.19. The van der Waals surface area contributed by atoms with E-state index in [0.717, 1.165) is 24.2 Å². The Morgan fingerprint density at radius 1 is 1.29 bits per heavy atom. The molecule has 2 N–H and O–H groups in total. The van der Waals surface area contributed by atoms with Crippen LogP contribution >= 0.6 is 0 Å². The Morgan fingerprint density at radius 2 is 1.95 bits per heavy atom. The molecule has 0 amide bonds. The van der Waals surface area contributed by atoms with Crippen molar-refractivity contribution in [2.24, 2.45) is 0 Å². The van der Waals surface area contributed by atoms with Crippen molar-refractivity contribution in [1.29, 1.82) is 10.5 Å². The zero-order chi connectivity index (χ0) is 15.0. The highest BCUT2D eigenvalue weighted by Crippen LogP contribution is 2.37. The van der Waals surface area contributed by atoms with Crippen molar-refractivity contribution >= 4 is 5.82 Å². The zero-order valence-corrected chi connectivity index (χ0v) is 11.5. The van der Waals surface area contributed by atoms with Crippen LogP contribution in [0.3, 0.4) is 0 Å². The first-order chi connectivity index (χ1) is 10.2. The third-order valence-electron chi connectivity index (χ3n) is 3.65. The van der Waals surface area contributed by atoms with Crippen molar-refractivity contribution in [2.75, 3.05) is 5.73 Å². The molecule has 0 spiro atoms. The number of hydrogen-bond donors (Lipinski definition) is 1. The SMILES string of the molecule is CC(c1cnc(C2CC2)nc1)n1nc(C#N)c(C#N)c1N. The van der Waals surface area contributed by atoms with Crippen LogP contribution < -0.4 is 5.73 Å². The quantitative estimate of drug-likeness (QED) is 0.909. The lowest BCUT2D eigenvalue weighted by molar-refractivity contribution is 0.566. The van der Waals surface area contributed by atoms with Crippen LogP contribution in [0.2, 0.25) is 0 Å². The van der Waals surface area contributed by atoms with Crippen molar-refractivity contribution in [2.45, 2.75) is 31.7 Å². The summed E-state index contributed by atoms with van der Waals surface area (Å²) in [4.78, 5) is 8.73. The second kappa shape index (κ2) is 4.88. The fraction of sp³-hybridized carbons (Fsp3) is 0.357. The van der Waals surface area contributed by atoms with E-state index in [1.165, 1.54) is 4.68 Å². The summed E-state index contributed by atoms with van der Waals surface area (Å²) in [5, 5.41) is 22.1. The van der Waals surface area contributed by atoms with Gasteiger partial charge in [-0.15, -0.1) is 0 Å². The summed E-state index contributed by atoms with van der Waals surface area (Å²) in [6.45, 7) is 1.88. The lowest BCUT2D eigenvalue weighted by Gasteiger charge is -2.13. The summed E-state index contributed by atoms with van der Waals surface area (Å²) < 4.78 is 1.46. The van der Waals surface area contributed by atoms with Crippen molar-refractivity contribution in [1.82, 2.24) is 19.7 Å². The third kappa shape index (κ3) is 2.19. The zero-order valence-electron chi connectivity index (χ0n) is 11.5. The molecule has 104 valence electrons. The number of hydrogen-bond acceptors (Lipinski definition) is 6. The molecule has 1 unspecified atom stereocenters. The van der Waals surface area contributed by atoms with Crippen molar-refractivity contribution < 1.29 is 0 Å². The van der Waals surface area contributed by atoms with E-state index in [9.17, 15) is 0 Å². The van der Waals surface area contributed by atoms with Crippen LogP contribution in [0.4, 0.5) is 5.82 Å². The van der Waals surface area contributed by atoms with E-state index in [4.69, 9.17) is 16.3 Å². The number of aromatic nitrogens is 4. The van der Waals surface area contributed by atoms with E-state index in [0.29, 0.717) is 5.92 Å². The highest BCUT2D eigenvalue weighted by atomic mass is 15.3. The molecule has 2 aromatic heterocycles. The van der Waals surface area contributed by atoms with Gasteiger partial charge >= 0.3 is 0 Å². The predicted molar refractivity (Wildman–Crippen MR) is 73.9 cm³/mol. The van der Waals surface area contributed by atoms with Gasteiger partial charge in [0.25, 0.3) is 0 Å². The summed E-state index contributed by atoms with van der Waals surface area (Å²) in [6.07, 6.45) is 5.81. The van der Waals surface area contributed by atoms with Gasteiger partial charge in [0.1, 0.15) is 29.3 Å².